The summed E-state index contributed by atoms with van der Waals surface area (Å²) in [6.07, 6.45) is 59.7. The molecule has 1 unspecified atom stereocenters. The molecule has 0 amide bonds. The highest BCUT2D eigenvalue weighted by molar-refractivity contribution is 5.70. The lowest BCUT2D eigenvalue weighted by molar-refractivity contribution is -0.161. The molecule has 0 spiro atoms. The van der Waals surface area contributed by atoms with Crippen LogP contribution in [0.4, 0.5) is 0 Å². The lowest BCUT2D eigenvalue weighted by Gasteiger charge is -2.15. The van der Waals surface area contributed by atoms with Gasteiger partial charge >= 0.3 is 11.9 Å². The number of ether oxygens (including phenoxy) is 2. The first-order chi connectivity index (χ1) is 26.6. The molecule has 0 aromatic carbocycles. The number of allylic oxidation sites excluding steroid dienone is 12. The molecule has 0 bridgehead atoms. The molecule has 0 saturated heterocycles. The number of rotatable bonds is 40. The van der Waals surface area contributed by atoms with E-state index in [1.165, 1.54) is 89.9 Å². The van der Waals surface area contributed by atoms with Crippen molar-refractivity contribution in [3.05, 3.63) is 72.9 Å². The Labute approximate surface area is 333 Å². The number of aliphatic hydroxyl groups is 1. The van der Waals surface area contributed by atoms with Gasteiger partial charge in [0.1, 0.15) is 6.61 Å². The van der Waals surface area contributed by atoms with Crippen LogP contribution in [0, 0.1) is 0 Å². The summed E-state index contributed by atoms with van der Waals surface area (Å²) in [6.45, 7) is 4.01. The van der Waals surface area contributed by atoms with Gasteiger partial charge in [0, 0.05) is 12.8 Å². The first-order valence-electron chi connectivity index (χ1n) is 22.5. The van der Waals surface area contributed by atoms with Gasteiger partial charge in [-0.05, 0) is 64.2 Å². The molecule has 0 rings (SSSR count). The number of hydrogen-bond acceptors (Lipinski definition) is 5. The van der Waals surface area contributed by atoms with Crippen LogP contribution in [0.3, 0.4) is 0 Å². The van der Waals surface area contributed by atoms with Crippen molar-refractivity contribution in [2.75, 3.05) is 13.2 Å². The molecular formula is C49H84O5. The summed E-state index contributed by atoms with van der Waals surface area (Å²) in [7, 11) is 0. The molecule has 5 heteroatoms. The zero-order valence-corrected chi connectivity index (χ0v) is 35.2. The van der Waals surface area contributed by atoms with Crippen LogP contribution in [-0.4, -0.2) is 36.4 Å². The molecule has 54 heavy (non-hydrogen) atoms. The van der Waals surface area contributed by atoms with E-state index >= 15 is 0 Å². The molecule has 0 saturated carbocycles. The van der Waals surface area contributed by atoms with E-state index in [-0.39, 0.29) is 25.2 Å². The Kier molecular flexibility index (Phi) is 42.5. The third-order valence-corrected chi connectivity index (χ3v) is 9.51. The van der Waals surface area contributed by atoms with Gasteiger partial charge in [0.2, 0.25) is 0 Å². The fraction of sp³-hybridized carbons (Fsp3) is 0.714. The Morgan fingerprint density at radius 1 is 0.444 bits per heavy atom. The van der Waals surface area contributed by atoms with Gasteiger partial charge in [-0.15, -0.1) is 0 Å². The zero-order chi connectivity index (χ0) is 39.3. The van der Waals surface area contributed by atoms with Crippen molar-refractivity contribution in [3.63, 3.8) is 0 Å². The van der Waals surface area contributed by atoms with Crippen LogP contribution in [0.25, 0.3) is 0 Å². The summed E-state index contributed by atoms with van der Waals surface area (Å²) in [5.74, 6) is -0.618. The third-order valence-electron chi connectivity index (χ3n) is 9.51. The van der Waals surface area contributed by atoms with Gasteiger partial charge < -0.3 is 14.6 Å². The van der Waals surface area contributed by atoms with Crippen LogP contribution in [0.1, 0.15) is 206 Å². The molecule has 0 aliphatic rings. The summed E-state index contributed by atoms with van der Waals surface area (Å²) in [5.41, 5.74) is 0. The van der Waals surface area contributed by atoms with Gasteiger partial charge in [0.25, 0.3) is 0 Å². The van der Waals surface area contributed by atoms with E-state index in [0.29, 0.717) is 12.8 Å². The van der Waals surface area contributed by atoms with Gasteiger partial charge in [0.15, 0.2) is 6.10 Å². The van der Waals surface area contributed by atoms with Crippen LogP contribution in [-0.2, 0) is 19.1 Å². The van der Waals surface area contributed by atoms with Crippen molar-refractivity contribution in [1.82, 2.24) is 0 Å². The number of aliphatic hydroxyl groups excluding tert-OH is 1. The molecule has 0 heterocycles. The van der Waals surface area contributed by atoms with E-state index in [1.54, 1.807) is 0 Å². The lowest BCUT2D eigenvalue weighted by atomic mass is 10.0. The van der Waals surface area contributed by atoms with Gasteiger partial charge in [-0.3, -0.25) is 9.59 Å². The Morgan fingerprint density at radius 2 is 0.796 bits per heavy atom. The van der Waals surface area contributed by atoms with Gasteiger partial charge in [0.05, 0.1) is 6.61 Å². The molecule has 5 nitrogen and oxygen atoms in total. The van der Waals surface area contributed by atoms with E-state index in [1.807, 2.05) is 0 Å². The highest BCUT2D eigenvalue weighted by Crippen LogP contribution is 2.15. The fourth-order valence-corrected chi connectivity index (χ4v) is 6.15. The topological polar surface area (TPSA) is 72.8 Å². The van der Waals surface area contributed by atoms with Crippen LogP contribution in [0.2, 0.25) is 0 Å². The molecule has 1 N–H and O–H groups in total. The van der Waals surface area contributed by atoms with Crippen molar-refractivity contribution < 1.29 is 24.2 Å². The average molecular weight is 753 g/mol. The smallest absolute Gasteiger partial charge is 0.306 e. The standard InChI is InChI=1S/C49H84O5/c1-3-5-7-9-11-13-15-17-19-21-22-23-24-25-26-28-30-32-34-36-38-40-42-44-49(52)54-47(45-50)46-53-48(51)43-41-39-37-35-33-31-29-27-20-18-16-14-12-10-8-6-4-2/h5,7,11,13,17,19,22-23,25-26,30,32,47,50H,3-4,6,8-10,12,14-16,18,20-21,24,27-29,31,33-46H2,1-2H3/b7-5-,13-11-,19-17-,23-22-,26-25-,32-30-. The fourth-order valence-electron chi connectivity index (χ4n) is 6.15. The SMILES string of the molecule is CC/C=C\C/C=C\C/C=C\C/C=C\C/C=C\C/C=C\CCCCCCC(=O)OC(CO)COC(=O)CCCCCCCCCCCCCCCCCCC. The van der Waals surface area contributed by atoms with E-state index in [0.717, 1.165) is 89.9 Å². The average Bonchev–Trinajstić information content (AvgIpc) is 3.17. The molecule has 0 aliphatic carbocycles. The predicted octanol–water partition coefficient (Wildman–Crippen LogP) is 14.5. The van der Waals surface area contributed by atoms with Crippen molar-refractivity contribution in [2.24, 2.45) is 0 Å². The normalized spacial score (nSPS) is 12.9. The third kappa shape index (κ3) is 42.1. The maximum Gasteiger partial charge on any atom is 0.306 e. The summed E-state index contributed by atoms with van der Waals surface area (Å²) in [4.78, 5) is 24.4. The van der Waals surface area contributed by atoms with E-state index in [2.05, 4.69) is 86.8 Å². The Bertz CT molecular complexity index is 988. The van der Waals surface area contributed by atoms with E-state index < -0.39 is 6.10 Å². The Morgan fingerprint density at radius 3 is 1.20 bits per heavy atom. The van der Waals surface area contributed by atoms with E-state index in [9.17, 15) is 14.7 Å². The number of carbonyl (C=O) groups is 2. The van der Waals surface area contributed by atoms with Crippen LogP contribution >= 0.6 is 0 Å². The second-order valence-electron chi connectivity index (χ2n) is 14.8. The van der Waals surface area contributed by atoms with Crippen molar-refractivity contribution in [2.45, 2.75) is 213 Å². The van der Waals surface area contributed by atoms with E-state index in [4.69, 9.17) is 9.47 Å². The van der Waals surface area contributed by atoms with Gasteiger partial charge in [-0.1, -0.05) is 202 Å². The maximum atomic E-state index is 12.2. The maximum absolute atomic E-state index is 12.2. The van der Waals surface area contributed by atoms with Gasteiger partial charge in [-0.25, -0.2) is 0 Å². The molecule has 1 atom stereocenters. The molecule has 310 valence electrons. The zero-order valence-electron chi connectivity index (χ0n) is 35.2. The quantitative estimate of drug-likeness (QED) is 0.0383. The largest absolute Gasteiger partial charge is 0.462 e. The van der Waals surface area contributed by atoms with Crippen LogP contribution in [0.5, 0.6) is 0 Å². The highest BCUT2D eigenvalue weighted by Gasteiger charge is 2.16. The number of hydrogen-bond donors (Lipinski definition) is 1. The number of carbonyl (C=O) groups excluding carboxylic acids is 2. The minimum Gasteiger partial charge on any atom is -0.462 e. The predicted molar refractivity (Wildman–Crippen MR) is 233 cm³/mol. The molecular weight excluding hydrogens is 669 g/mol. The Balaban J connectivity index is 3.61. The molecule has 0 aromatic heterocycles. The molecule has 0 aromatic rings. The molecule has 0 fully saturated rings. The summed E-state index contributed by atoms with van der Waals surface area (Å²) in [5, 5.41) is 9.59. The summed E-state index contributed by atoms with van der Waals surface area (Å²) < 4.78 is 10.6. The summed E-state index contributed by atoms with van der Waals surface area (Å²) in [6, 6.07) is 0. The van der Waals surface area contributed by atoms with Crippen molar-refractivity contribution in [3.8, 4) is 0 Å². The van der Waals surface area contributed by atoms with Crippen molar-refractivity contribution >= 4 is 11.9 Å². The second-order valence-corrected chi connectivity index (χ2v) is 14.8. The minimum atomic E-state index is -0.787. The number of esters is 2. The number of unbranched alkanes of at least 4 members (excludes halogenated alkanes) is 20. The first kappa shape index (κ1) is 51.3. The Hall–Kier alpha value is -2.66. The first-order valence-corrected chi connectivity index (χ1v) is 22.5. The van der Waals surface area contributed by atoms with Gasteiger partial charge in [-0.2, -0.15) is 0 Å². The van der Waals surface area contributed by atoms with Crippen LogP contribution < -0.4 is 0 Å². The lowest BCUT2D eigenvalue weighted by Crippen LogP contribution is -2.28. The molecule has 0 aliphatic heterocycles. The summed E-state index contributed by atoms with van der Waals surface area (Å²) >= 11 is 0. The highest BCUT2D eigenvalue weighted by atomic mass is 16.6. The van der Waals surface area contributed by atoms with Crippen LogP contribution in [0.15, 0.2) is 72.9 Å². The van der Waals surface area contributed by atoms with Crippen molar-refractivity contribution in [1.29, 1.82) is 0 Å². The monoisotopic (exact) mass is 753 g/mol. The molecule has 0 radical (unpaired) electrons. The second kappa shape index (κ2) is 44.7. The minimum absolute atomic E-state index is 0.0774.